The Morgan fingerprint density at radius 3 is 2.55 bits per heavy atom. The fourth-order valence-electron chi connectivity index (χ4n) is 3.92. The Bertz CT molecular complexity index is 1330. The van der Waals surface area contributed by atoms with Crippen LogP contribution in [0.3, 0.4) is 0 Å². The molecule has 0 radical (unpaired) electrons. The van der Waals surface area contributed by atoms with Crippen LogP contribution in [-0.4, -0.2) is 47.0 Å². The lowest BCUT2D eigenvalue weighted by atomic mass is 10.0. The van der Waals surface area contributed by atoms with Gasteiger partial charge in [0.05, 0.1) is 25.5 Å². The predicted molar refractivity (Wildman–Crippen MR) is 132 cm³/mol. The van der Waals surface area contributed by atoms with Gasteiger partial charge in [-0.3, -0.25) is 9.20 Å². The fraction of sp³-hybridized carbons (Fsp3) is 0.320. The van der Waals surface area contributed by atoms with Gasteiger partial charge in [-0.1, -0.05) is 30.0 Å². The maximum Gasteiger partial charge on any atom is 0.230 e. The minimum Gasteiger partial charge on any atom is -0.493 e. The van der Waals surface area contributed by atoms with E-state index in [0.717, 1.165) is 32.8 Å². The second-order valence-corrected chi connectivity index (χ2v) is 8.93. The maximum absolute atomic E-state index is 12.5. The predicted octanol–water partition coefficient (Wildman–Crippen LogP) is 4.28. The van der Waals surface area contributed by atoms with E-state index in [9.17, 15) is 4.79 Å². The largest absolute Gasteiger partial charge is 0.493 e. The van der Waals surface area contributed by atoms with Gasteiger partial charge in [-0.25, -0.2) is 0 Å². The lowest BCUT2D eigenvalue weighted by Crippen LogP contribution is -2.27. The number of aromatic nitrogens is 3. The van der Waals surface area contributed by atoms with Crippen LogP contribution in [0.1, 0.15) is 22.3 Å². The van der Waals surface area contributed by atoms with Crippen LogP contribution >= 0.6 is 11.8 Å². The molecule has 8 heteroatoms. The van der Waals surface area contributed by atoms with Gasteiger partial charge in [-0.15, -0.1) is 10.2 Å². The van der Waals surface area contributed by atoms with E-state index in [1.807, 2.05) is 25.1 Å². The van der Waals surface area contributed by atoms with Crippen LogP contribution in [0, 0.1) is 20.8 Å². The van der Waals surface area contributed by atoms with Crippen LogP contribution in [0.15, 0.2) is 41.6 Å². The minimum absolute atomic E-state index is 0.0397. The molecule has 1 amide bonds. The molecule has 172 valence electrons. The highest BCUT2D eigenvalue weighted by Crippen LogP contribution is 2.29. The SMILES string of the molecule is COc1ccc(CCNC(=O)CSc2nnc3c(C)cc4ccc(C)c(C)c4n23)cc1OC. The first-order valence-electron chi connectivity index (χ1n) is 10.8. The van der Waals surface area contributed by atoms with Crippen LogP contribution < -0.4 is 14.8 Å². The second kappa shape index (κ2) is 9.70. The third kappa shape index (κ3) is 4.61. The number of fused-ring (bicyclic) bond motifs is 3. The zero-order valence-electron chi connectivity index (χ0n) is 19.6. The average molecular weight is 465 g/mol. The molecule has 0 spiro atoms. The molecule has 0 fully saturated rings. The molecule has 0 aliphatic carbocycles. The zero-order chi connectivity index (χ0) is 23.5. The summed E-state index contributed by atoms with van der Waals surface area (Å²) in [6.07, 6.45) is 0.701. The minimum atomic E-state index is -0.0397. The van der Waals surface area contributed by atoms with Gasteiger partial charge in [0.25, 0.3) is 0 Å². The highest BCUT2D eigenvalue weighted by molar-refractivity contribution is 7.99. The molecular weight excluding hydrogens is 436 g/mol. The van der Waals surface area contributed by atoms with Crippen LogP contribution in [0.5, 0.6) is 11.5 Å². The van der Waals surface area contributed by atoms with E-state index in [2.05, 4.69) is 52.0 Å². The van der Waals surface area contributed by atoms with E-state index in [0.29, 0.717) is 24.5 Å². The number of thioether (sulfide) groups is 1. The number of methoxy groups -OCH3 is 2. The smallest absolute Gasteiger partial charge is 0.230 e. The van der Waals surface area contributed by atoms with Crippen molar-refractivity contribution >= 4 is 34.2 Å². The standard InChI is InChI=1S/C25H28N4O3S/c1-15-6-8-19-12-16(2)24-27-28-25(29(24)23(19)17(15)3)33-14-22(30)26-11-10-18-7-9-20(31-4)21(13-18)32-5/h6-9,12-13H,10-11,14H2,1-5H3,(H,26,30). The molecule has 0 unspecified atom stereocenters. The third-order valence-electron chi connectivity index (χ3n) is 5.83. The molecule has 2 aromatic heterocycles. The quantitative estimate of drug-likeness (QED) is 0.392. The maximum atomic E-state index is 12.5. The van der Waals surface area contributed by atoms with Gasteiger partial charge in [0, 0.05) is 6.54 Å². The number of amides is 1. The topological polar surface area (TPSA) is 77.8 Å². The van der Waals surface area contributed by atoms with Crippen molar-refractivity contribution in [3.63, 3.8) is 0 Å². The number of nitrogens with one attached hydrogen (secondary N) is 1. The Hall–Kier alpha value is -3.26. The van der Waals surface area contributed by atoms with E-state index in [4.69, 9.17) is 9.47 Å². The Morgan fingerprint density at radius 2 is 1.79 bits per heavy atom. The third-order valence-corrected chi connectivity index (χ3v) is 6.76. The number of hydrogen-bond acceptors (Lipinski definition) is 6. The lowest BCUT2D eigenvalue weighted by molar-refractivity contribution is -0.118. The molecule has 4 rings (SSSR count). The summed E-state index contributed by atoms with van der Waals surface area (Å²) >= 11 is 1.40. The monoisotopic (exact) mass is 464 g/mol. The molecule has 0 atom stereocenters. The molecule has 1 N–H and O–H groups in total. The van der Waals surface area contributed by atoms with Gasteiger partial charge in [0.1, 0.15) is 0 Å². The normalized spacial score (nSPS) is 11.2. The second-order valence-electron chi connectivity index (χ2n) is 7.99. The van der Waals surface area contributed by atoms with Crippen LogP contribution in [0.4, 0.5) is 0 Å². The van der Waals surface area contributed by atoms with Crippen molar-refractivity contribution in [3.8, 4) is 11.5 Å². The van der Waals surface area contributed by atoms with Gasteiger partial charge in [-0.05, 0) is 73.0 Å². The Balaban J connectivity index is 1.44. The van der Waals surface area contributed by atoms with Crippen molar-refractivity contribution < 1.29 is 14.3 Å². The summed E-state index contributed by atoms with van der Waals surface area (Å²) in [5.74, 6) is 1.61. The van der Waals surface area contributed by atoms with Gasteiger partial charge in [-0.2, -0.15) is 0 Å². The van der Waals surface area contributed by atoms with Crippen molar-refractivity contribution in [3.05, 3.63) is 58.7 Å². The van der Waals surface area contributed by atoms with Crippen molar-refractivity contribution in [2.75, 3.05) is 26.5 Å². The van der Waals surface area contributed by atoms with Gasteiger partial charge >= 0.3 is 0 Å². The molecule has 4 aromatic rings. The fourth-order valence-corrected chi connectivity index (χ4v) is 4.68. The zero-order valence-corrected chi connectivity index (χ0v) is 20.4. The molecule has 0 bridgehead atoms. The van der Waals surface area contributed by atoms with E-state index in [-0.39, 0.29) is 11.7 Å². The summed E-state index contributed by atoms with van der Waals surface area (Å²) < 4.78 is 12.7. The highest BCUT2D eigenvalue weighted by atomic mass is 32.2. The molecule has 0 saturated heterocycles. The van der Waals surface area contributed by atoms with Crippen molar-refractivity contribution in [2.24, 2.45) is 0 Å². The number of ether oxygens (including phenoxy) is 2. The number of rotatable bonds is 8. The molecule has 0 saturated carbocycles. The van der Waals surface area contributed by atoms with Crippen LogP contribution in [-0.2, 0) is 11.2 Å². The van der Waals surface area contributed by atoms with E-state index < -0.39 is 0 Å². The van der Waals surface area contributed by atoms with Crippen molar-refractivity contribution in [2.45, 2.75) is 32.3 Å². The molecule has 2 aromatic carbocycles. The molecule has 7 nitrogen and oxygen atoms in total. The Morgan fingerprint density at radius 1 is 1.00 bits per heavy atom. The Kier molecular flexibility index (Phi) is 6.74. The van der Waals surface area contributed by atoms with Gasteiger partial charge < -0.3 is 14.8 Å². The van der Waals surface area contributed by atoms with E-state index >= 15 is 0 Å². The summed E-state index contributed by atoms with van der Waals surface area (Å²) in [4.78, 5) is 12.5. The lowest BCUT2D eigenvalue weighted by Gasteiger charge is -2.12. The first-order chi connectivity index (χ1) is 15.9. The number of carbonyl (C=O) groups is 1. The van der Waals surface area contributed by atoms with Crippen molar-refractivity contribution in [1.82, 2.24) is 19.9 Å². The molecular formula is C25H28N4O3S. The number of benzene rings is 2. The van der Waals surface area contributed by atoms with Gasteiger partial charge in [0.2, 0.25) is 5.91 Å². The molecule has 33 heavy (non-hydrogen) atoms. The van der Waals surface area contributed by atoms with Gasteiger partial charge in [0.15, 0.2) is 22.3 Å². The average Bonchev–Trinajstić information content (AvgIpc) is 3.24. The first kappa shape index (κ1) is 22.9. The number of hydrogen-bond donors (Lipinski definition) is 1. The number of nitrogens with zero attached hydrogens (tertiary/aromatic N) is 3. The molecule has 0 aliphatic heterocycles. The van der Waals surface area contributed by atoms with Crippen molar-refractivity contribution in [1.29, 1.82) is 0 Å². The highest BCUT2D eigenvalue weighted by Gasteiger charge is 2.16. The summed E-state index contributed by atoms with van der Waals surface area (Å²) in [6.45, 7) is 6.79. The number of carbonyl (C=O) groups excluding carboxylic acids is 1. The van der Waals surface area contributed by atoms with E-state index in [1.165, 1.54) is 22.9 Å². The summed E-state index contributed by atoms with van der Waals surface area (Å²) in [5, 5.41) is 13.6. The molecule has 0 aliphatic rings. The number of pyridine rings is 1. The first-order valence-corrected chi connectivity index (χ1v) is 11.8. The summed E-state index contributed by atoms with van der Waals surface area (Å²) in [7, 11) is 3.23. The summed E-state index contributed by atoms with van der Waals surface area (Å²) in [6, 6.07) is 12.2. The van der Waals surface area contributed by atoms with E-state index in [1.54, 1.807) is 14.2 Å². The Labute approximate surface area is 197 Å². The van der Waals surface area contributed by atoms with Crippen LogP contribution in [0.2, 0.25) is 0 Å². The summed E-state index contributed by atoms with van der Waals surface area (Å²) in [5.41, 5.74) is 6.45. The molecule has 2 heterocycles. The van der Waals surface area contributed by atoms with Crippen LogP contribution in [0.25, 0.3) is 16.6 Å². The number of aryl methyl sites for hydroxylation is 3.